The van der Waals surface area contributed by atoms with Crippen LogP contribution < -0.4 is 10.6 Å². The van der Waals surface area contributed by atoms with Gasteiger partial charge in [-0.15, -0.1) is 11.8 Å². The molecule has 0 fully saturated rings. The van der Waals surface area contributed by atoms with E-state index in [2.05, 4.69) is 10.6 Å². The van der Waals surface area contributed by atoms with E-state index in [1.165, 1.54) is 0 Å². The molecule has 0 aromatic heterocycles. The van der Waals surface area contributed by atoms with Crippen LogP contribution in [-0.2, 0) is 9.53 Å². The van der Waals surface area contributed by atoms with E-state index < -0.39 is 18.0 Å². The van der Waals surface area contributed by atoms with E-state index in [1.807, 2.05) is 24.5 Å². The molecule has 7 heteroatoms. The molecule has 0 spiro atoms. The molecule has 0 bridgehead atoms. The van der Waals surface area contributed by atoms with E-state index >= 15 is 0 Å². The van der Waals surface area contributed by atoms with Crippen molar-refractivity contribution in [3.05, 3.63) is 24.3 Å². The number of carboxylic acid groups (broad SMARTS) is 1. The van der Waals surface area contributed by atoms with E-state index in [-0.39, 0.29) is 0 Å². The molecular weight excluding hydrogens is 292 g/mol. The predicted molar refractivity (Wildman–Crippen MR) is 82.9 cm³/mol. The number of anilines is 1. The average molecular weight is 312 g/mol. The first-order chi connectivity index (χ1) is 10.1. The normalized spacial score (nSPS) is 11.7. The van der Waals surface area contributed by atoms with Crippen molar-refractivity contribution < 1.29 is 19.4 Å². The van der Waals surface area contributed by atoms with Crippen molar-refractivity contribution in [1.82, 2.24) is 5.32 Å². The summed E-state index contributed by atoms with van der Waals surface area (Å²) in [5.41, 5.74) is 0.625. The SMILES string of the molecule is COCCCC(NC(=O)Nc1cccc(SC)c1)C(=O)O. The molecule has 0 aliphatic heterocycles. The van der Waals surface area contributed by atoms with Crippen LogP contribution in [0.2, 0.25) is 0 Å². The first-order valence-electron chi connectivity index (χ1n) is 6.50. The number of nitrogens with one attached hydrogen (secondary N) is 2. The Kier molecular flexibility index (Phi) is 7.63. The number of aliphatic carboxylic acids is 1. The number of hydrogen-bond donors (Lipinski definition) is 3. The van der Waals surface area contributed by atoms with E-state index in [4.69, 9.17) is 9.84 Å². The van der Waals surface area contributed by atoms with Crippen LogP contribution in [0.15, 0.2) is 29.2 Å². The summed E-state index contributed by atoms with van der Waals surface area (Å²) in [4.78, 5) is 23.9. The first kappa shape index (κ1) is 17.3. The number of carbonyl (C=O) groups excluding carboxylic acids is 1. The highest BCUT2D eigenvalue weighted by Gasteiger charge is 2.19. The summed E-state index contributed by atoms with van der Waals surface area (Å²) in [7, 11) is 1.55. The van der Waals surface area contributed by atoms with Crippen LogP contribution in [0.3, 0.4) is 0 Å². The van der Waals surface area contributed by atoms with Crippen molar-refractivity contribution in [1.29, 1.82) is 0 Å². The zero-order valence-electron chi connectivity index (χ0n) is 12.1. The Labute approximate surface area is 128 Å². The fourth-order valence-corrected chi connectivity index (χ4v) is 2.17. The second-order valence-electron chi connectivity index (χ2n) is 4.36. The second kappa shape index (κ2) is 9.25. The molecule has 0 saturated carbocycles. The smallest absolute Gasteiger partial charge is 0.326 e. The molecule has 0 saturated heterocycles. The molecule has 1 atom stereocenters. The van der Waals surface area contributed by atoms with E-state index in [0.29, 0.717) is 25.1 Å². The van der Waals surface area contributed by atoms with Gasteiger partial charge in [-0.3, -0.25) is 0 Å². The largest absolute Gasteiger partial charge is 0.480 e. The summed E-state index contributed by atoms with van der Waals surface area (Å²) >= 11 is 1.56. The summed E-state index contributed by atoms with van der Waals surface area (Å²) in [6.45, 7) is 0.461. The lowest BCUT2D eigenvalue weighted by Crippen LogP contribution is -2.43. The number of benzene rings is 1. The molecule has 2 amide bonds. The molecule has 0 heterocycles. The molecule has 0 aliphatic rings. The lowest BCUT2D eigenvalue weighted by Gasteiger charge is -2.15. The minimum Gasteiger partial charge on any atom is -0.480 e. The Bertz CT molecular complexity index is 482. The number of carboxylic acids is 1. The van der Waals surface area contributed by atoms with Crippen molar-refractivity contribution in [3.63, 3.8) is 0 Å². The summed E-state index contributed by atoms with van der Waals surface area (Å²) < 4.78 is 4.87. The van der Waals surface area contributed by atoms with Crippen molar-refractivity contribution in [2.75, 3.05) is 25.3 Å². The van der Waals surface area contributed by atoms with Crippen molar-refractivity contribution >= 4 is 29.4 Å². The number of rotatable bonds is 8. The van der Waals surface area contributed by atoms with Gasteiger partial charge in [-0.25, -0.2) is 9.59 Å². The van der Waals surface area contributed by atoms with Gasteiger partial charge in [0.25, 0.3) is 0 Å². The quantitative estimate of drug-likeness (QED) is 0.507. The number of thioether (sulfide) groups is 1. The fourth-order valence-electron chi connectivity index (χ4n) is 1.72. The van der Waals surface area contributed by atoms with Gasteiger partial charge in [0, 0.05) is 24.3 Å². The third-order valence-electron chi connectivity index (χ3n) is 2.77. The number of hydrogen-bond acceptors (Lipinski definition) is 4. The van der Waals surface area contributed by atoms with Gasteiger partial charge >= 0.3 is 12.0 Å². The van der Waals surface area contributed by atoms with Crippen LogP contribution in [0.4, 0.5) is 10.5 Å². The Morgan fingerprint density at radius 3 is 2.81 bits per heavy atom. The van der Waals surface area contributed by atoms with Gasteiger partial charge < -0.3 is 20.5 Å². The Morgan fingerprint density at radius 1 is 1.43 bits per heavy atom. The molecule has 116 valence electrons. The molecule has 0 radical (unpaired) electrons. The van der Waals surface area contributed by atoms with Crippen molar-refractivity contribution in [3.8, 4) is 0 Å². The minimum atomic E-state index is -1.06. The van der Waals surface area contributed by atoms with Gasteiger partial charge in [-0.1, -0.05) is 6.07 Å². The van der Waals surface area contributed by atoms with Crippen LogP contribution in [0, 0.1) is 0 Å². The van der Waals surface area contributed by atoms with Crippen LogP contribution >= 0.6 is 11.8 Å². The topological polar surface area (TPSA) is 87.7 Å². The number of ether oxygens (including phenoxy) is 1. The fraction of sp³-hybridized carbons (Fsp3) is 0.429. The molecule has 6 nitrogen and oxygen atoms in total. The predicted octanol–water partition coefficient (Wildman–Crippen LogP) is 2.41. The lowest BCUT2D eigenvalue weighted by molar-refractivity contribution is -0.139. The maximum atomic E-state index is 11.8. The van der Waals surface area contributed by atoms with Gasteiger partial charge in [0.15, 0.2) is 0 Å². The molecule has 21 heavy (non-hydrogen) atoms. The number of urea groups is 1. The molecule has 0 aliphatic carbocycles. The lowest BCUT2D eigenvalue weighted by atomic mass is 10.1. The average Bonchev–Trinajstić information content (AvgIpc) is 2.46. The molecule has 1 aromatic rings. The maximum absolute atomic E-state index is 11.8. The van der Waals surface area contributed by atoms with Gasteiger partial charge in [-0.05, 0) is 37.3 Å². The highest BCUT2D eigenvalue weighted by atomic mass is 32.2. The van der Waals surface area contributed by atoms with Crippen LogP contribution in [-0.4, -0.2) is 43.1 Å². The van der Waals surface area contributed by atoms with Gasteiger partial charge in [-0.2, -0.15) is 0 Å². The van der Waals surface area contributed by atoms with Crippen molar-refractivity contribution in [2.24, 2.45) is 0 Å². The Hall–Kier alpha value is -1.73. The number of methoxy groups -OCH3 is 1. The standard InChI is InChI=1S/C14H20N2O4S/c1-20-8-4-7-12(13(17)18)16-14(19)15-10-5-3-6-11(9-10)21-2/h3,5-6,9,12H,4,7-8H2,1-2H3,(H,17,18)(H2,15,16,19). The molecule has 3 N–H and O–H groups in total. The second-order valence-corrected chi connectivity index (χ2v) is 5.24. The van der Waals surface area contributed by atoms with E-state index in [1.54, 1.807) is 24.9 Å². The highest BCUT2D eigenvalue weighted by Crippen LogP contribution is 2.18. The Morgan fingerprint density at radius 2 is 2.19 bits per heavy atom. The van der Waals surface area contributed by atoms with Crippen LogP contribution in [0.25, 0.3) is 0 Å². The molecule has 1 unspecified atom stereocenters. The number of amides is 2. The summed E-state index contributed by atoms with van der Waals surface area (Å²) in [6.07, 6.45) is 2.83. The molecule has 1 rings (SSSR count). The van der Waals surface area contributed by atoms with E-state index in [9.17, 15) is 9.59 Å². The Balaban J connectivity index is 2.54. The van der Waals surface area contributed by atoms with Gasteiger partial charge in [0.1, 0.15) is 6.04 Å². The summed E-state index contributed by atoms with van der Waals surface area (Å²) in [6, 6.07) is 5.88. The minimum absolute atomic E-state index is 0.321. The molecular formula is C14H20N2O4S. The van der Waals surface area contributed by atoms with Crippen molar-refractivity contribution in [2.45, 2.75) is 23.8 Å². The zero-order valence-corrected chi connectivity index (χ0v) is 12.9. The van der Waals surface area contributed by atoms with Crippen LogP contribution in [0.5, 0.6) is 0 Å². The third kappa shape index (κ3) is 6.50. The monoisotopic (exact) mass is 312 g/mol. The zero-order chi connectivity index (χ0) is 15.7. The highest BCUT2D eigenvalue weighted by molar-refractivity contribution is 7.98. The third-order valence-corrected chi connectivity index (χ3v) is 3.50. The summed E-state index contributed by atoms with van der Waals surface area (Å²) in [5.74, 6) is -1.06. The molecule has 1 aromatic carbocycles. The van der Waals surface area contributed by atoms with Gasteiger partial charge in [0.05, 0.1) is 0 Å². The van der Waals surface area contributed by atoms with E-state index in [0.717, 1.165) is 4.90 Å². The first-order valence-corrected chi connectivity index (χ1v) is 7.72. The van der Waals surface area contributed by atoms with Gasteiger partial charge in [0.2, 0.25) is 0 Å². The maximum Gasteiger partial charge on any atom is 0.326 e. The number of carbonyl (C=O) groups is 2. The van der Waals surface area contributed by atoms with Crippen LogP contribution in [0.1, 0.15) is 12.8 Å². The summed E-state index contributed by atoms with van der Waals surface area (Å²) in [5, 5.41) is 14.2.